The SMILES string of the molecule is C[C@]12CC[C@H](OCCCN)CC1=CC[C@@H]1[C@@H]2CC[C@]2(C)[C@@H](c3ccoc3)CC[C@]12O. The van der Waals surface area contributed by atoms with E-state index in [4.69, 9.17) is 14.9 Å². The van der Waals surface area contributed by atoms with Crippen LogP contribution < -0.4 is 5.73 Å². The Labute approximate surface area is 181 Å². The third kappa shape index (κ3) is 2.90. The predicted molar refractivity (Wildman–Crippen MR) is 118 cm³/mol. The fraction of sp³-hybridized carbons (Fsp3) is 0.769. The number of nitrogens with two attached hydrogens (primary N) is 1. The van der Waals surface area contributed by atoms with Crippen molar-refractivity contribution in [3.8, 4) is 0 Å². The molecule has 0 saturated heterocycles. The summed E-state index contributed by atoms with van der Waals surface area (Å²) in [7, 11) is 0. The predicted octanol–water partition coefficient (Wildman–Crippen LogP) is 5.17. The summed E-state index contributed by atoms with van der Waals surface area (Å²) in [6.07, 6.45) is 16.2. The Morgan fingerprint density at radius 3 is 2.80 bits per heavy atom. The van der Waals surface area contributed by atoms with Crippen molar-refractivity contribution in [2.24, 2.45) is 28.4 Å². The minimum absolute atomic E-state index is 0.0533. The van der Waals surface area contributed by atoms with E-state index in [1.165, 1.54) is 18.4 Å². The van der Waals surface area contributed by atoms with E-state index in [1.807, 2.05) is 6.26 Å². The van der Waals surface area contributed by atoms with Gasteiger partial charge in [-0.2, -0.15) is 0 Å². The van der Waals surface area contributed by atoms with Crippen molar-refractivity contribution >= 4 is 0 Å². The molecule has 0 aliphatic heterocycles. The van der Waals surface area contributed by atoms with Crippen LogP contribution in [0.25, 0.3) is 0 Å². The van der Waals surface area contributed by atoms with Gasteiger partial charge in [0.1, 0.15) is 0 Å². The summed E-state index contributed by atoms with van der Waals surface area (Å²) in [4.78, 5) is 0. The molecule has 166 valence electrons. The molecule has 4 nitrogen and oxygen atoms in total. The first-order valence-corrected chi connectivity index (χ1v) is 12.2. The molecule has 0 aromatic carbocycles. The first-order chi connectivity index (χ1) is 14.4. The summed E-state index contributed by atoms with van der Waals surface area (Å²) in [5.41, 5.74) is 8.11. The highest BCUT2D eigenvalue weighted by Crippen LogP contribution is 2.69. The maximum Gasteiger partial charge on any atom is 0.0937 e. The zero-order valence-electron chi connectivity index (χ0n) is 18.7. The number of fused-ring (bicyclic) bond motifs is 5. The summed E-state index contributed by atoms with van der Waals surface area (Å²) in [5, 5.41) is 12.2. The molecule has 0 unspecified atom stereocenters. The van der Waals surface area contributed by atoms with Crippen molar-refractivity contribution in [3.05, 3.63) is 35.8 Å². The smallest absolute Gasteiger partial charge is 0.0937 e. The monoisotopic (exact) mass is 413 g/mol. The first-order valence-electron chi connectivity index (χ1n) is 12.2. The fourth-order valence-corrected chi connectivity index (χ4v) is 8.08. The lowest BCUT2D eigenvalue weighted by Gasteiger charge is -2.61. The summed E-state index contributed by atoms with van der Waals surface area (Å²) in [5.74, 6) is 1.37. The Bertz CT molecular complexity index is 788. The molecule has 0 spiro atoms. The molecule has 1 aromatic rings. The lowest BCUT2D eigenvalue weighted by molar-refractivity contribution is -0.173. The number of allylic oxidation sites excluding steroid dienone is 1. The van der Waals surface area contributed by atoms with E-state index in [2.05, 4.69) is 26.0 Å². The van der Waals surface area contributed by atoms with E-state index in [0.29, 0.717) is 30.4 Å². The van der Waals surface area contributed by atoms with Crippen molar-refractivity contribution in [2.75, 3.05) is 13.2 Å². The van der Waals surface area contributed by atoms with Gasteiger partial charge in [0.25, 0.3) is 0 Å². The van der Waals surface area contributed by atoms with Gasteiger partial charge in [-0.1, -0.05) is 25.5 Å². The number of furan rings is 1. The number of aliphatic hydroxyl groups is 1. The van der Waals surface area contributed by atoms with Crippen LogP contribution in [0, 0.1) is 22.7 Å². The van der Waals surface area contributed by atoms with Crippen LogP contribution in [-0.2, 0) is 4.74 Å². The summed E-state index contributed by atoms with van der Waals surface area (Å²) >= 11 is 0. The summed E-state index contributed by atoms with van der Waals surface area (Å²) in [6.45, 7) is 6.33. The maximum atomic E-state index is 12.2. The number of hydrogen-bond acceptors (Lipinski definition) is 4. The van der Waals surface area contributed by atoms with Crippen LogP contribution in [-0.4, -0.2) is 30.0 Å². The molecule has 1 heterocycles. The van der Waals surface area contributed by atoms with Gasteiger partial charge in [0.15, 0.2) is 0 Å². The van der Waals surface area contributed by atoms with Crippen LogP contribution in [0.3, 0.4) is 0 Å². The first kappa shape index (κ1) is 20.8. The minimum atomic E-state index is -0.572. The highest BCUT2D eigenvalue weighted by atomic mass is 16.5. The molecule has 0 amide bonds. The average Bonchev–Trinajstić information content (AvgIpc) is 3.34. The van der Waals surface area contributed by atoms with Gasteiger partial charge < -0.3 is 20.0 Å². The van der Waals surface area contributed by atoms with Crippen LogP contribution in [0.1, 0.15) is 83.1 Å². The van der Waals surface area contributed by atoms with Crippen LogP contribution >= 0.6 is 0 Å². The van der Waals surface area contributed by atoms with Crippen molar-refractivity contribution in [1.29, 1.82) is 0 Å². The number of ether oxygens (including phenoxy) is 1. The molecule has 3 fully saturated rings. The Kier molecular flexibility index (Phi) is 5.19. The molecule has 3 N–H and O–H groups in total. The fourth-order valence-electron chi connectivity index (χ4n) is 8.08. The number of hydrogen-bond donors (Lipinski definition) is 2. The Morgan fingerprint density at radius 2 is 2.03 bits per heavy atom. The second kappa shape index (κ2) is 7.50. The zero-order chi connectivity index (χ0) is 21.0. The van der Waals surface area contributed by atoms with E-state index in [9.17, 15) is 5.11 Å². The molecule has 5 rings (SSSR count). The van der Waals surface area contributed by atoms with Crippen LogP contribution in [0.15, 0.2) is 34.7 Å². The van der Waals surface area contributed by atoms with Crippen LogP contribution in [0.2, 0.25) is 0 Å². The maximum absolute atomic E-state index is 12.2. The molecule has 4 aliphatic rings. The third-order valence-electron chi connectivity index (χ3n) is 9.90. The molecule has 0 radical (unpaired) electrons. The highest BCUT2D eigenvalue weighted by Gasteiger charge is 2.66. The van der Waals surface area contributed by atoms with Gasteiger partial charge in [0.2, 0.25) is 0 Å². The second-order valence-electron chi connectivity index (χ2n) is 11.0. The largest absolute Gasteiger partial charge is 0.472 e. The van der Waals surface area contributed by atoms with Crippen LogP contribution in [0.4, 0.5) is 0 Å². The Balaban J connectivity index is 1.39. The zero-order valence-corrected chi connectivity index (χ0v) is 18.7. The standard InChI is InChI=1S/C26H39NO3/c1-24-10-6-20(30-14-3-13-27)16-19(24)4-5-23-22(24)7-11-25(2)21(8-12-26(23,25)28)18-9-15-29-17-18/h4,9,15,17,20-23,28H,3,5-8,10-14,16,27H2,1-2H3/t20-,21+,22-,23+,24-,25+,26-/m0/s1. The molecule has 30 heavy (non-hydrogen) atoms. The van der Waals surface area contributed by atoms with Gasteiger partial charge in [0, 0.05) is 12.0 Å². The topological polar surface area (TPSA) is 68.6 Å². The molecule has 7 atom stereocenters. The van der Waals surface area contributed by atoms with Crippen molar-refractivity contribution in [3.63, 3.8) is 0 Å². The van der Waals surface area contributed by atoms with Gasteiger partial charge in [-0.05, 0) is 99.1 Å². The second-order valence-corrected chi connectivity index (χ2v) is 11.0. The molecule has 4 aliphatic carbocycles. The Hall–Kier alpha value is -1.10. The van der Waals surface area contributed by atoms with E-state index < -0.39 is 5.60 Å². The van der Waals surface area contributed by atoms with Crippen LogP contribution in [0.5, 0.6) is 0 Å². The molecule has 1 aromatic heterocycles. The lowest BCUT2D eigenvalue weighted by atomic mass is 9.45. The lowest BCUT2D eigenvalue weighted by Crippen LogP contribution is -2.60. The van der Waals surface area contributed by atoms with Gasteiger partial charge in [-0.3, -0.25) is 0 Å². The van der Waals surface area contributed by atoms with Crippen molar-refractivity contribution in [2.45, 2.75) is 89.3 Å². The molecular weight excluding hydrogens is 374 g/mol. The highest BCUT2D eigenvalue weighted by molar-refractivity contribution is 5.31. The van der Waals surface area contributed by atoms with Gasteiger partial charge in [-0.25, -0.2) is 0 Å². The molecule has 3 saturated carbocycles. The normalized spacial score (nSPS) is 45.4. The molecular formula is C26H39NO3. The summed E-state index contributed by atoms with van der Waals surface area (Å²) in [6, 6.07) is 2.11. The Morgan fingerprint density at radius 1 is 1.17 bits per heavy atom. The minimum Gasteiger partial charge on any atom is -0.472 e. The van der Waals surface area contributed by atoms with E-state index in [0.717, 1.165) is 51.6 Å². The average molecular weight is 414 g/mol. The van der Waals surface area contributed by atoms with E-state index in [-0.39, 0.29) is 10.8 Å². The van der Waals surface area contributed by atoms with Crippen molar-refractivity contribution in [1.82, 2.24) is 0 Å². The summed E-state index contributed by atoms with van der Waals surface area (Å²) < 4.78 is 11.5. The van der Waals surface area contributed by atoms with Gasteiger partial charge in [0.05, 0.1) is 24.2 Å². The van der Waals surface area contributed by atoms with Crippen molar-refractivity contribution < 1.29 is 14.3 Å². The number of rotatable bonds is 5. The van der Waals surface area contributed by atoms with E-state index >= 15 is 0 Å². The molecule has 4 heteroatoms. The van der Waals surface area contributed by atoms with E-state index in [1.54, 1.807) is 11.8 Å². The quantitative estimate of drug-likeness (QED) is 0.516. The van der Waals surface area contributed by atoms with Gasteiger partial charge >= 0.3 is 0 Å². The van der Waals surface area contributed by atoms with Gasteiger partial charge in [-0.15, -0.1) is 0 Å². The third-order valence-corrected chi connectivity index (χ3v) is 9.90. The molecule has 0 bridgehead atoms.